The first-order chi connectivity index (χ1) is 9.47. The Labute approximate surface area is 118 Å². The van der Waals surface area contributed by atoms with Crippen molar-refractivity contribution in [1.82, 2.24) is 5.32 Å². The molecule has 0 saturated heterocycles. The van der Waals surface area contributed by atoms with Gasteiger partial charge in [-0.1, -0.05) is 11.8 Å². The maximum Gasteiger partial charge on any atom is 0.319 e. The largest absolute Gasteiger partial charge is 0.481 e. The highest BCUT2D eigenvalue weighted by molar-refractivity contribution is 7.99. The third-order valence-electron chi connectivity index (χ3n) is 2.19. The number of nitrogens with one attached hydrogen (secondary N) is 2. The SMILES string of the molecule is O=C(O)CCCNC(=O)Nc1ccc(SC(F)F)cc1. The number of carbonyl (C=O) groups excluding carboxylic acids is 1. The van der Waals surface area contributed by atoms with Gasteiger partial charge >= 0.3 is 12.0 Å². The predicted molar refractivity (Wildman–Crippen MR) is 72.2 cm³/mol. The molecule has 0 aromatic heterocycles. The predicted octanol–water partition coefficient (Wildman–Crippen LogP) is 2.99. The second-order valence-electron chi connectivity index (χ2n) is 3.78. The number of urea groups is 1. The zero-order valence-electron chi connectivity index (χ0n) is 10.4. The number of carbonyl (C=O) groups is 2. The molecule has 0 aliphatic carbocycles. The van der Waals surface area contributed by atoms with Crippen molar-refractivity contribution >= 4 is 29.4 Å². The van der Waals surface area contributed by atoms with Gasteiger partial charge < -0.3 is 15.7 Å². The molecule has 0 radical (unpaired) electrons. The molecule has 8 heteroatoms. The van der Waals surface area contributed by atoms with Crippen LogP contribution in [0.4, 0.5) is 19.3 Å². The summed E-state index contributed by atoms with van der Waals surface area (Å²) in [4.78, 5) is 22.1. The van der Waals surface area contributed by atoms with Crippen LogP contribution in [-0.2, 0) is 4.79 Å². The van der Waals surface area contributed by atoms with Crippen LogP contribution in [0, 0.1) is 0 Å². The molecule has 2 amide bonds. The van der Waals surface area contributed by atoms with Gasteiger partial charge in [-0.3, -0.25) is 4.79 Å². The quantitative estimate of drug-likeness (QED) is 0.534. The van der Waals surface area contributed by atoms with Crippen molar-refractivity contribution in [3.8, 4) is 0 Å². The number of rotatable bonds is 7. The molecule has 5 nitrogen and oxygen atoms in total. The fourth-order valence-electron chi connectivity index (χ4n) is 1.34. The molecule has 20 heavy (non-hydrogen) atoms. The van der Waals surface area contributed by atoms with Crippen molar-refractivity contribution in [2.24, 2.45) is 0 Å². The van der Waals surface area contributed by atoms with Crippen molar-refractivity contribution in [2.75, 3.05) is 11.9 Å². The lowest BCUT2D eigenvalue weighted by atomic mass is 10.3. The molecule has 0 bridgehead atoms. The van der Waals surface area contributed by atoms with E-state index < -0.39 is 17.8 Å². The molecule has 0 aliphatic heterocycles. The first-order valence-corrected chi connectivity index (χ1v) is 6.67. The highest BCUT2D eigenvalue weighted by atomic mass is 32.2. The van der Waals surface area contributed by atoms with Gasteiger partial charge in [0.2, 0.25) is 0 Å². The van der Waals surface area contributed by atoms with Crippen molar-refractivity contribution in [2.45, 2.75) is 23.5 Å². The lowest BCUT2D eigenvalue weighted by molar-refractivity contribution is -0.137. The summed E-state index contributed by atoms with van der Waals surface area (Å²) in [6.07, 6.45) is 0.326. The van der Waals surface area contributed by atoms with Crippen LogP contribution in [0.2, 0.25) is 0 Å². The van der Waals surface area contributed by atoms with Crippen molar-refractivity contribution in [3.63, 3.8) is 0 Å². The summed E-state index contributed by atoms with van der Waals surface area (Å²) in [7, 11) is 0. The average Bonchev–Trinajstić information content (AvgIpc) is 2.36. The van der Waals surface area contributed by atoms with Gasteiger partial charge in [0.15, 0.2) is 0 Å². The van der Waals surface area contributed by atoms with Gasteiger partial charge in [-0.15, -0.1) is 0 Å². The number of aliphatic carboxylic acids is 1. The molecule has 0 saturated carbocycles. The Bertz CT molecular complexity index is 455. The maximum absolute atomic E-state index is 12.1. The molecule has 3 N–H and O–H groups in total. The van der Waals surface area contributed by atoms with E-state index in [1.807, 2.05) is 0 Å². The number of hydrogen-bond acceptors (Lipinski definition) is 3. The lowest BCUT2D eigenvalue weighted by Gasteiger charge is -2.07. The van der Waals surface area contributed by atoms with Crippen LogP contribution in [0.5, 0.6) is 0 Å². The fraction of sp³-hybridized carbons (Fsp3) is 0.333. The summed E-state index contributed by atoms with van der Waals surface area (Å²) in [5.41, 5.74) is 0.472. The van der Waals surface area contributed by atoms with Gasteiger partial charge in [0, 0.05) is 23.5 Å². The van der Waals surface area contributed by atoms with E-state index in [0.29, 0.717) is 28.8 Å². The van der Waals surface area contributed by atoms with Gasteiger partial charge in [-0.25, -0.2) is 4.79 Å². The van der Waals surface area contributed by atoms with Crippen molar-refractivity contribution < 1.29 is 23.5 Å². The fourth-order valence-corrected chi connectivity index (χ4v) is 1.84. The highest BCUT2D eigenvalue weighted by Crippen LogP contribution is 2.26. The molecule has 0 heterocycles. The van der Waals surface area contributed by atoms with Gasteiger partial charge in [0.1, 0.15) is 0 Å². The van der Waals surface area contributed by atoms with Crippen molar-refractivity contribution in [3.05, 3.63) is 24.3 Å². The number of thioether (sulfide) groups is 1. The molecule has 0 unspecified atom stereocenters. The summed E-state index contributed by atoms with van der Waals surface area (Å²) >= 11 is 0.428. The Morgan fingerprint density at radius 3 is 2.45 bits per heavy atom. The number of carboxylic acids is 1. The highest BCUT2D eigenvalue weighted by Gasteiger charge is 2.06. The second-order valence-corrected chi connectivity index (χ2v) is 4.84. The van der Waals surface area contributed by atoms with E-state index in [1.54, 1.807) is 0 Å². The number of hydrogen-bond donors (Lipinski definition) is 3. The van der Waals surface area contributed by atoms with Crippen LogP contribution in [0.1, 0.15) is 12.8 Å². The average molecular weight is 304 g/mol. The van der Waals surface area contributed by atoms with Gasteiger partial charge in [0.25, 0.3) is 5.76 Å². The van der Waals surface area contributed by atoms with Crippen LogP contribution in [0.3, 0.4) is 0 Å². The first kappa shape index (κ1) is 16.2. The molecule has 1 aromatic rings. The zero-order chi connectivity index (χ0) is 15.0. The van der Waals surface area contributed by atoms with Crippen LogP contribution in [-0.4, -0.2) is 29.4 Å². The molecular weight excluding hydrogens is 290 g/mol. The van der Waals surface area contributed by atoms with E-state index >= 15 is 0 Å². The van der Waals surface area contributed by atoms with E-state index in [-0.39, 0.29) is 13.0 Å². The summed E-state index contributed by atoms with van der Waals surface area (Å²) in [5.74, 6) is -3.40. The van der Waals surface area contributed by atoms with Crippen LogP contribution in [0.15, 0.2) is 29.2 Å². The number of amides is 2. The molecule has 110 valence electrons. The zero-order valence-corrected chi connectivity index (χ0v) is 11.3. The van der Waals surface area contributed by atoms with Crippen molar-refractivity contribution in [1.29, 1.82) is 0 Å². The second kappa shape index (κ2) is 8.36. The third-order valence-corrected chi connectivity index (χ3v) is 2.91. The molecule has 1 rings (SSSR count). The normalized spacial score (nSPS) is 10.3. The Morgan fingerprint density at radius 1 is 1.25 bits per heavy atom. The third kappa shape index (κ3) is 6.93. The summed E-state index contributed by atoms with van der Waals surface area (Å²) < 4.78 is 24.2. The van der Waals surface area contributed by atoms with Crippen LogP contribution < -0.4 is 10.6 Å². The van der Waals surface area contributed by atoms with E-state index in [4.69, 9.17) is 5.11 Å². The van der Waals surface area contributed by atoms with E-state index in [2.05, 4.69) is 10.6 Å². The molecular formula is C12H14F2N2O3S. The molecule has 0 aliphatic rings. The Kier molecular flexibility index (Phi) is 6.78. The van der Waals surface area contributed by atoms with Gasteiger partial charge in [-0.2, -0.15) is 8.78 Å². The number of halogens is 2. The minimum absolute atomic E-state index is 0.0141. The minimum atomic E-state index is -2.48. The van der Waals surface area contributed by atoms with E-state index in [1.165, 1.54) is 24.3 Å². The van der Waals surface area contributed by atoms with E-state index in [9.17, 15) is 18.4 Å². The van der Waals surface area contributed by atoms with Gasteiger partial charge in [-0.05, 0) is 30.7 Å². The summed E-state index contributed by atoms with van der Waals surface area (Å²) in [5, 5.41) is 13.4. The Hall–Kier alpha value is -1.83. The first-order valence-electron chi connectivity index (χ1n) is 5.79. The molecule has 0 atom stereocenters. The number of benzene rings is 1. The summed E-state index contributed by atoms with van der Waals surface area (Å²) in [6.45, 7) is 0.247. The van der Waals surface area contributed by atoms with Crippen LogP contribution >= 0.6 is 11.8 Å². The van der Waals surface area contributed by atoms with Gasteiger partial charge in [0.05, 0.1) is 0 Å². The number of anilines is 1. The Morgan fingerprint density at radius 2 is 1.90 bits per heavy atom. The number of carboxylic acid groups (broad SMARTS) is 1. The smallest absolute Gasteiger partial charge is 0.319 e. The molecule has 1 aromatic carbocycles. The Balaban J connectivity index is 2.32. The number of alkyl halides is 2. The topological polar surface area (TPSA) is 78.4 Å². The molecule has 0 spiro atoms. The minimum Gasteiger partial charge on any atom is -0.481 e. The molecule has 0 fully saturated rings. The van der Waals surface area contributed by atoms with Crippen LogP contribution in [0.25, 0.3) is 0 Å². The lowest BCUT2D eigenvalue weighted by Crippen LogP contribution is -2.29. The maximum atomic E-state index is 12.1. The monoisotopic (exact) mass is 304 g/mol. The van der Waals surface area contributed by atoms with E-state index in [0.717, 1.165) is 0 Å². The summed E-state index contributed by atoms with van der Waals surface area (Å²) in [6, 6.07) is 5.53. The standard InChI is InChI=1S/C12H14F2N2O3S/c13-11(14)20-9-5-3-8(4-6-9)16-12(19)15-7-1-2-10(17)18/h3-6,11H,1-2,7H2,(H,17,18)(H2,15,16,19).